The molecular weight excluding hydrogens is 282 g/mol. The first kappa shape index (κ1) is 13.3. The Morgan fingerprint density at radius 3 is 2.73 bits per heavy atom. The minimum Gasteiger partial charge on any atom is -0.390 e. The van der Waals surface area contributed by atoms with E-state index in [1.807, 2.05) is 0 Å². The number of amides is 3. The number of carbonyl (C=O) groups excluding carboxylic acids is 2. The molecule has 2 saturated heterocycles. The van der Waals surface area contributed by atoms with E-state index in [0.717, 1.165) is 30.4 Å². The van der Waals surface area contributed by atoms with Crippen LogP contribution in [-0.4, -0.2) is 40.6 Å². The third kappa shape index (κ3) is 1.57. The number of nitriles is 1. The van der Waals surface area contributed by atoms with Crippen LogP contribution >= 0.6 is 0 Å². The van der Waals surface area contributed by atoms with E-state index in [2.05, 4.69) is 6.07 Å². The molecule has 6 heteroatoms. The fourth-order valence-electron chi connectivity index (χ4n) is 3.87. The summed E-state index contributed by atoms with van der Waals surface area (Å²) in [7, 11) is 0. The Kier molecular flexibility index (Phi) is 2.75. The highest BCUT2D eigenvalue weighted by Crippen LogP contribution is 2.38. The fourth-order valence-corrected chi connectivity index (χ4v) is 3.87. The van der Waals surface area contributed by atoms with E-state index in [-0.39, 0.29) is 11.9 Å². The number of imide groups is 1. The van der Waals surface area contributed by atoms with Crippen molar-refractivity contribution < 1.29 is 14.7 Å². The average molecular weight is 297 g/mol. The first-order chi connectivity index (χ1) is 10.6. The molecule has 1 aromatic carbocycles. The van der Waals surface area contributed by atoms with E-state index >= 15 is 0 Å². The Morgan fingerprint density at radius 2 is 2.00 bits per heavy atom. The predicted octanol–water partition coefficient (Wildman–Crippen LogP) is 0.949. The van der Waals surface area contributed by atoms with E-state index in [4.69, 9.17) is 0 Å². The molecule has 112 valence electrons. The number of urea groups is 1. The molecule has 0 bridgehead atoms. The molecule has 2 atom stereocenters. The number of aliphatic hydroxyl groups excluding tert-OH is 1. The molecule has 3 aliphatic rings. The zero-order valence-corrected chi connectivity index (χ0v) is 12.0. The highest BCUT2D eigenvalue weighted by Gasteiger charge is 2.53. The number of anilines is 1. The van der Waals surface area contributed by atoms with Crippen LogP contribution in [0, 0.1) is 11.3 Å². The van der Waals surface area contributed by atoms with Crippen LogP contribution in [0.15, 0.2) is 12.1 Å². The minimum atomic E-state index is -0.784. The van der Waals surface area contributed by atoms with Gasteiger partial charge in [0.2, 0.25) is 0 Å². The van der Waals surface area contributed by atoms with E-state index < -0.39 is 12.1 Å². The third-order valence-electron chi connectivity index (χ3n) is 4.90. The normalized spacial score (nSPS) is 26.4. The zero-order chi connectivity index (χ0) is 15.4. The summed E-state index contributed by atoms with van der Waals surface area (Å²) < 4.78 is 0. The van der Waals surface area contributed by atoms with Crippen LogP contribution in [0.3, 0.4) is 0 Å². The second-order valence-corrected chi connectivity index (χ2v) is 6.01. The topological polar surface area (TPSA) is 84.6 Å². The lowest BCUT2D eigenvalue weighted by molar-refractivity contribution is -0.121. The summed E-state index contributed by atoms with van der Waals surface area (Å²) in [5.74, 6) is -0.353. The standard InChI is InChI=1S/C16H15N3O3/c17-8-9-4-5-12(11-3-1-2-10(9)11)19-15(21)14-13(20)6-7-18(14)16(19)22/h4-5,13-14,20H,1-3,6-7H2/t13-,14+/m1/s1. The van der Waals surface area contributed by atoms with Gasteiger partial charge < -0.3 is 10.0 Å². The monoisotopic (exact) mass is 297 g/mol. The number of rotatable bonds is 1. The lowest BCUT2D eigenvalue weighted by atomic mass is 10.0. The van der Waals surface area contributed by atoms with Crippen molar-refractivity contribution in [3.8, 4) is 6.07 Å². The van der Waals surface area contributed by atoms with Gasteiger partial charge in [-0.25, -0.2) is 9.69 Å². The molecule has 1 N–H and O–H groups in total. The molecule has 0 aromatic heterocycles. The molecule has 2 heterocycles. The van der Waals surface area contributed by atoms with Gasteiger partial charge in [0.15, 0.2) is 0 Å². The number of carbonyl (C=O) groups is 2. The quantitative estimate of drug-likeness (QED) is 0.782. The summed E-state index contributed by atoms with van der Waals surface area (Å²) in [6.07, 6.45) is 2.16. The van der Waals surface area contributed by atoms with Crippen LogP contribution in [0.5, 0.6) is 0 Å². The van der Waals surface area contributed by atoms with Crippen molar-refractivity contribution in [1.82, 2.24) is 4.90 Å². The second-order valence-electron chi connectivity index (χ2n) is 6.01. The first-order valence-electron chi connectivity index (χ1n) is 7.51. The van der Waals surface area contributed by atoms with Crippen LogP contribution < -0.4 is 4.90 Å². The molecule has 2 aliphatic heterocycles. The third-order valence-corrected chi connectivity index (χ3v) is 4.90. The SMILES string of the molecule is N#Cc1ccc(N2C(=O)[C@@H]3[C@H](O)CCN3C2=O)c2c1CCC2. The van der Waals surface area contributed by atoms with Gasteiger partial charge in [0.25, 0.3) is 5.91 Å². The predicted molar refractivity (Wildman–Crippen MR) is 77.2 cm³/mol. The van der Waals surface area contributed by atoms with Gasteiger partial charge in [-0.05, 0) is 48.9 Å². The minimum absolute atomic E-state index is 0.353. The molecule has 22 heavy (non-hydrogen) atoms. The van der Waals surface area contributed by atoms with Gasteiger partial charge in [0, 0.05) is 6.54 Å². The van der Waals surface area contributed by atoms with Crippen molar-refractivity contribution in [1.29, 1.82) is 5.26 Å². The zero-order valence-electron chi connectivity index (χ0n) is 12.0. The Hall–Kier alpha value is -2.39. The lowest BCUT2D eigenvalue weighted by Crippen LogP contribution is -2.36. The highest BCUT2D eigenvalue weighted by atomic mass is 16.3. The van der Waals surface area contributed by atoms with Crippen molar-refractivity contribution >= 4 is 17.6 Å². The van der Waals surface area contributed by atoms with Gasteiger partial charge >= 0.3 is 6.03 Å². The number of nitrogens with zero attached hydrogens (tertiary/aromatic N) is 3. The van der Waals surface area contributed by atoms with Gasteiger partial charge in [-0.2, -0.15) is 5.26 Å². The molecule has 0 unspecified atom stereocenters. The number of hydrogen-bond acceptors (Lipinski definition) is 4. The first-order valence-corrected chi connectivity index (χ1v) is 7.51. The van der Waals surface area contributed by atoms with Crippen LogP contribution in [0.2, 0.25) is 0 Å². The van der Waals surface area contributed by atoms with Crippen molar-refractivity contribution in [3.05, 3.63) is 28.8 Å². The van der Waals surface area contributed by atoms with Crippen LogP contribution in [-0.2, 0) is 17.6 Å². The molecule has 6 nitrogen and oxygen atoms in total. The Morgan fingerprint density at radius 1 is 1.23 bits per heavy atom. The molecule has 0 radical (unpaired) electrons. The Balaban J connectivity index is 1.81. The van der Waals surface area contributed by atoms with E-state index in [1.165, 1.54) is 9.80 Å². The smallest absolute Gasteiger partial charge is 0.332 e. The largest absolute Gasteiger partial charge is 0.390 e. The molecule has 1 aliphatic carbocycles. The summed E-state index contributed by atoms with van der Waals surface area (Å²) in [6.45, 7) is 0.408. The summed E-state index contributed by atoms with van der Waals surface area (Å²) >= 11 is 0. The van der Waals surface area contributed by atoms with Crippen molar-refractivity contribution in [2.24, 2.45) is 0 Å². The van der Waals surface area contributed by atoms with Crippen LogP contribution in [0.25, 0.3) is 0 Å². The molecule has 3 amide bonds. The maximum absolute atomic E-state index is 12.6. The highest BCUT2D eigenvalue weighted by molar-refractivity contribution is 6.22. The van der Waals surface area contributed by atoms with Crippen LogP contribution in [0.4, 0.5) is 10.5 Å². The van der Waals surface area contributed by atoms with Crippen molar-refractivity contribution in [2.45, 2.75) is 37.8 Å². The molecule has 2 fully saturated rings. The van der Waals surface area contributed by atoms with Gasteiger partial charge in [-0.1, -0.05) is 0 Å². The maximum Gasteiger partial charge on any atom is 0.332 e. The van der Waals surface area contributed by atoms with Gasteiger partial charge in [-0.3, -0.25) is 4.79 Å². The molecule has 4 rings (SSSR count). The van der Waals surface area contributed by atoms with Gasteiger partial charge in [0.05, 0.1) is 23.4 Å². The van der Waals surface area contributed by atoms with E-state index in [9.17, 15) is 20.0 Å². The Bertz CT molecular complexity index is 737. The second kappa shape index (κ2) is 4.55. The number of benzene rings is 1. The van der Waals surface area contributed by atoms with Gasteiger partial charge in [0.1, 0.15) is 6.04 Å². The average Bonchev–Trinajstić information content (AvgIpc) is 3.18. The van der Waals surface area contributed by atoms with Gasteiger partial charge in [-0.15, -0.1) is 0 Å². The number of fused-ring (bicyclic) bond motifs is 2. The summed E-state index contributed by atoms with van der Waals surface area (Å²) in [6, 6.07) is 4.44. The molecule has 0 spiro atoms. The molecule has 0 saturated carbocycles. The molecular formula is C16H15N3O3. The summed E-state index contributed by atoms with van der Waals surface area (Å²) in [4.78, 5) is 27.8. The van der Waals surface area contributed by atoms with E-state index in [1.54, 1.807) is 12.1 Å². The molecule has 1 aromatic rings. The van der Waals surface area contributed by atoms with Crippen LogP contribution in [0.1, 0.15) is 29.5 Å². The van der Waals surface area contributed by atoms with Crippen molar-refractivity contribution in [2.75, 3.05) is 11.4 Å². The Labute approximate surface area is 127 Å². The summed E-state index contributed by atoms with van der Waals surface area (Å²) in [5, 5.41) is 19.1. The number of hydrogen-bond donors (Lipinski definition) is 1. The fraction of sp³-hybridized carbons (Fsp3) is 0.438. The lowest BCUT2D eigenvalue weighted by Gasteiger charge is -2.19. The summed E-state index contributed by atoms with van der Waals surface area (Å²) in [5.41, 5.74) is 3.09. The van der Waals surface area contributed by atoms with Crippen molar-refractivity contribution in [3.63, 3.8) is 0 Å². The number of aliphatic hydroxyl groups is 1. The maximum atomic E-state index is 12.6. The van der Waals surface area contributed by atoms with E-state index in [0.29, 0.717) is 24.2 Å².